The molecule has 0 aliphatic heterocycles. The summed E-state index contributed by atoms with van der Waals surface area (Å²) in [5.74, 6) is -2.43. The Hall–Kier alpha value is -6.29. The molecule has 2 unspecified atom stereocenters. The number of carbonyl (C=O) groups excluding carboxylic acids is 5. The van der Waals surface area contributed by atoms with E-state index in [1.807, 2.05) is 0 Å². The summed E-state index contributed by atoms with van der Waals surface area (Å²) in [6, 6.07) is 19.6. The Labute approximate surface area is 383 Å². The molecule has 0 saturated carbocycles. The topological polar surface area (TPSA) is 253 Å². The van der Waals surface area contributed by atoms with Gasteiger partial charge in [0.15, 0.2) is 12.1 Å². The van der Waals surface area contributed by atoms with E-state index in [-0.39, 0.29) is 65.2 Å². The number of hydroxylamine groups is 1. The van der Waals surface area contributed by atoms with Gasteiger partial charge in [-0.05, 0) is 92.1 Å². The van der Waals surface area contributed by atoms with Crippen LogP contribution in [0.5, 0.6) is 11.5 Å². The number of anilines is 3. The third kappa shape index (κ3) is 14.9. The van der Waals surface area contributed by atoms with Crippen LogP contribution in [0.2, 0.25) is 5.02 Å². The summed E-state index contributed by atoms with van der Waals surface area (Å²) in [6.45, 7) is 6.36. The summed E-state index contributed by atoms with van der Waals surface area (Å²) in [7, 11) is 4.13. The second-order valence-corrected chi connectivity index (χ2v) is 16.4. The number of aliphatic hydroxyl groups is 2. The number of halogens is 1. The van der Waals surface area contributed by atoms with Gasteiger partial charge in [0.25, 0.3) is 5.91 Å². The summed E-state index contributed by atoms with van der Waals surface area (Å²) in [5.41, 5.74) is 3.20. The number of nitrogens with one attached hydrogen (secondary N) is 3. The molecule has 5 N–H and O–H groups in total. The van der Waals surface area contributed by atoms with Gasteiger partial charge in [0.1, 0.15) is 18.1 Å². The molecular formula is C44H51ClN6O13S. The van der Waals surface area contributed by atoms with Crippen molar-refractivity contribution in [1.82, 2.24) is 5.48 Å². The van der Waals surface area contributed by atoms with Gasteiger partial charge in [0, 0.05) is 31.5 Å². The number of ether oxygens (including phenoxy) is 4. The highest BCUT2D eigenvalue weighted by Crippen LogP contribution is 2.35. The van der Waals surface area contributed by atoms with Gasteiger partial charge in [0.2, 0.25) is 23.1 Å². The Bertz CT molecular complexity index is 2390. The number of amides is 3. The average molecular weight is 939 g/mol. The van der Waals surface area contributed by atoms with Crippen LogP contribution in [0.25, 0.3) is 0 Å². The molecular weight excluding hydrogens is 888 g/mol. The normalized spacial score (nSPS) is 12.3. The number of methoxy groups -OCH3 is 2. The van der Waals surface area contributed by atoms with Crippen LogP contribution in [-0.2, 0) is 45.8 Å². The lowest BCUT2D eigenvalue weighted by atomic mass is 9.87. The summed E-state index contributed by atoms with van der Waals surface area (Å²) in [6.07, 6.45) is -4.28. The first-order chi connectivity index (χ1) is 30.9. The first-order valence-electron chi connectivity index (χ1n) is 20.0. The predicted octanol–water partition coefficient (Wildman–Crippen LogP) is 7.31. The van der Waals surface area contributed by atoms with Crippen LogP contribution in [0.3, 0.4) is 0 Å². The lowest BCUT2D eigenvalue weighted by Gasteiger charge is -2.26. The van der Waals surface area contributed by atoms with Crippen LogP contribution in [0.4, 0.5) is 33.2 Å². The Morgan fingerprint density at radius 2 is 1.55 bits per heavy atom. The van der Waals surface area contributed by atoms with Crippen molar-refractivity contribution in [3.63, 3.8) is 0 Å². The number of esters is 1. The van der Waals surface area contributed by atoms with Gasteiger partial charge in [-0.1, -0.05) is 38.4 Å². The van der Waals surface area contributed by atoms with E-state index in [9.17, 15) is 38.4 Å². The molecule has 4 aromatic rings. The minimum Gasteiger partial charge on any atom is -0.494 e. The number of hydrogen-bond donors (Lipinski definition) is 5. The number of aliphatic hydroxyl groups excluding tert-OH is 1. The van der Waals surface area contributed by atoms with Gasteiger partial charge in [-0.2, -0.15) is 20.0 Å². The fraction of sp³-hybridized carbons (Fsp3) is 0.341. The number of rotatable bonds is 21. The third-order valence-electron chi connectivity index (χ3n) is 9.11. The van der Waals surface area contributed by atoms with E-state index in [1.165, 1.54) is 62.6 Å². The summed E-state index contributed by atoms with van der Waals surface area (Å²) < 4.78 is 39.5. The molecule has 4 rings (SSSR count). The molecule has 0 heterocycles. The molecule has 3 amide bonds. The van der Waals surface area contributed by atoms with E-state index in [1.54, 1.807) is 70.2 Å². The summed E-state index contributed by atoms with van der Waals surface area (Å²) in [4.78, 5) is 67.6. The second-order valence-electron chi connectivity index (χ2n) is 14.9. The van der Waals surface area contributed by atoms with E-state index in [0.717, 1.165) is 0 Å². The Morgan fingerprint density at radius 3 is 2.18 bits per heavy atom. The van der Waals surface area contributed by atoms with E-state index < -0.39 is 58.5 Å². The van der Waals surface area contributed by atoms with Crippen molar-refractivity contribution in [3.05, 3.63) is 95.0 Å². The number of azo groups is 1. The smallest absolute Gasteiger partial charge is 0.414 e. The largest absolute Gasteiger partial charge is 0.494 e. The molecule has 0 spiro atoms. The van der Waals surface area contributed by atoms with Crippen LogP contribution in [0.15, 0.2) is 94.0 Å². The van der Waals surface area contributed by atoms with Gasteiger partial charge in [0.05, 0.1) is 58.1 Å². The molecule has 0 fully saturated rings. The zero-order valence-corrected chi connectivity index (χ0v) is 38.3. The van der Waals surface area contributed by atoms with Crippen LogP contribution >= 0.6 is 11.6 Å². The van der Waals surface area contributed by atoms with Gasteiger partial charge >= 0.3 is 12.1 Å². The molecule has 0 aromatic heterocycles. The second kappa shape index (κ2) is 24.1. The maximum atomic E-state index is 13.9. The highest BCUT2D eigenvalue weighted by Gasteiger charge is 2.37. The molecule has 0 aliphatic rings. The Kier molecular flexibility index (Phi) is 19.1. The number of Topliss-reactive ketones (excluding diaryl/α,β-unsaturated/α-hetero) is 1. The van der Waals surface area contributed by atoms with Gasteiger partial charge in [-0.25, -0.2) is 13.8 Å². The van der Waals surface area contributed by atoms with E-state index >= 15 is 0 Å². The lowest BCUT2D eigenvalue weighted by molar-refractivity contribution is -0.140. The lowest BCUT2D eigenvalue weighted by Crippen LogP contribution is -2.45. The van der Waals surface area contributed by atoms with Crippen molar-refractivity contribution in [3.8, 4) is 11.5 Å². The first-order valence-corrected chi connectivity index (χ1v) is 21.4. The zero-order valence-electron chi connectivity index (χ0n) is 36.7. The quantitative estimate of drug-likeness (QED) is 0.0181. The Morgan fingerprint density at radius 1 is 0.862 bits per heavy atom. The van der Waals surface area contributed by atoms with E-state index in [2.05, 4.69) is 26.3 Å². The van der Waals surface area contributed by atoms with E-state index in [4.69, 9.17) is 34.8 Å². The van der Waals surface area contributed by atoms with Crippen molar-refractivity contribution in [2.24, 2.45) is 15.6 Å². The number of carbonyl (C=O) groups is 5. The number of nitrogens with zero attached hydrogens (tertiary/aromatic N) is 3. The molecule has 21 heteroatoms. The molecule has 0 bridgehead atoms. The van der Waals surface area contributed by atoms with Crippen LogP contribution in [0, 0.1) is 5.41 Å². The summed E-state index contributed by atoms with van der Waals surface area (Å²) in [5, 5.41) is 32.3. The van der Waals surface area contributed by atoms with Crippen molar-refractivity contribution in [2.75, 3.05) is 43.3 Å². The monoisotopic (exact) mass is 938 g/mol. The van der Waals surface area contributed by atoms with Crippen LogP contribution in [0.1, 0.15) is 62.9 Å². The molecule has 348 valence electrons. The van der Waals surface area contributed by atoms with Gasteiger partial charge in [-0.15, -0.1) is 0 Å². The third-order valence-corrected chi connectivity index (χ3v) is 10.4. The van der Waals surface area contributed by atoms with Crippen molar-refractivity contribution in [2.45, 2.75) is 70.9 Å². The molecule has 19 nitrogen and oxygen atoms in total. The average Bonchev–Trinajstić information content (AvgIpc) is 3.27. The molecule has 65 heavy (non-hydrogen) atoms. The molecule has 0 aliphatic carbocycles. The summed E-state index contributed by atoms with van der Waals surface area (Å²) >= 11 is 4.39. The molecule has 0 saturated heterocycles. The fourth-order valence-corrected chi connectivity index (χ4v) is 6.57. The highest BCUT2D eigenvalue weighted by molar-refractivity contribution is 7.80. The fourth-order valence-electron chi connectivity index (χ4n) is 5.77. The van der Waals surface area contributed by atoms with Gasteiger partial charge in [-0.3, -0.25) is 19.3 Å². The minimum absolute atomic E-state index is 0.00502. The van der Waals surface area contributed by atoms with Crippen molar-refractivity contribution < 1.29 is 61.6 Å². The van der Waals surface area contributed by atoms with Crippen molar-refractivity contribution >= 4 is 80.8 Å². The maximum absolute atomic E-state index is 13.9. The molecule has 0 radical (unpaired) electrons. The highest BCUT2D eigenvalue weighted by atomic mass is 35.5. The number of ketones is 1. The van der Waals surface area contributed by atoms with E-state index in [0.29, 0.717) is 28.2 Å². The van der Waals surface area contributed by atoms with Crippen LogP contribution < -0.4 is 30.5 Å². The molecule has 2 atom stereocenters. The van der Waals surface area contributed by atoms with Crippen LogP contribution in [-0.4, -0.2) is 84.3 Å². The number of benzene rings is 4. The van der Waals surface area contributed by atoms with Gasteiger partial charge < -0.3 is 39.8 Å². The number of hydrogen-bond acceptors (Lipinski definition) is 16. The first kappa shape index (κ1) is 51.3. The molecule has 4 aromatic carbocycles. The predicted molar refractivity (Wildman–Crippen MR) is 241 cm³/mol. The maximum Gasteiger partial charge on any atom is 0.414 e. The Balaban J connectivity index is 1.59. The minimum atomic E-state index is -1.97. The van der Waals surface area contributed by atoms with Crippen molar-refractivity contribution in [1.29, 1.82) is 0 Å². The SMILES string of the molecule is CCN(C(=O)OCc1ccc(OC(C(=O)Nc2cc(S(=O)ONC)ccc2Cl)C(=O)C(C)(C)C)c(NC(=O)CCCC(O)O)c1)c1ccc(N=Nc2ccc(C(=O)OC)cc2)cc1OC. The standard InChI is InChI=1S/C44H51ClN6O13S/c1-8-51(34-20-17-29(23-36(34)60-6)50-49-28-15-13-27(14-16-28)42(57)61-7)43(58)62-25-26-12-21-35(33(22-26)47-37(52)10-9-11-38(53)54)63-39(40(55)44(2,3)4)41(56)48-32-24-30(18-19-31(32)45)65(59)64-46-5/h12-24,38-39,46,53-54H,8-11,25H2,1-7H3,(H,47,52)(H,48,56). The zero-order chi connectivity index (χ0) is 47.8.